The molecule has 2 saturated carbocycles. The van der Waals surface area contributed by atoms with Gasteiger partial charge >= 0.3 is 0 Å². The van der Waals surface area contributed by atoms with Crippen LogP contribution in [-0.4, -0.2) is 26.0 Å². The molecule has 4 N–H and O–H groups in total. The summed E-state index contributed by atoms with van der Waals surface area (Å²) >= 11 is 0. The van der Waals surface area contributed by atoms with Crippen molar-refractivity contribution in [1.82, 2.24) is 4.72 Å². The van der Waals surface area contributed by atoms with Gasteiger partial charge in [-0.3, -0.25) is 5.41 Å². The van der Waals surface area contributed by atoms with Gasteiger partial charge in [0.25, 0.3) is 0 Å². The Bertz CT molecular complexity index is 398. The molecule has 1 unspecified atom stereocenters. The van der Waals surface area contributed by atoms with Crippen molar-refractivity contribution in [2.24, 2.45) is 17.6 Å². The molecular weight excluding hydrogens is 250 g/mol. The first-order valence-corrected chi connectivity index (χ1v) is 8.47. The van der Waals surface area contributed by atoms with E-state index in [2.05, 4.69) is 4.72 Å². The predicted octanol–water partition coefficient (Wildman–Crippen LogP) is 1.20. The van der Waals surface area contributed by atoms with Crippen LogP contribution in [0.1, 0.15) is 44.9 Å². The molecule has 0 amide bonds. The van der Waals surface area contributed by atoms with E-state index in [9.17, 15) is 8.42 Å². The molecule has 0 aromatic rings. The zero-order valence-corrected chi connectivity index (χ0v) is 11.5. The summed E-state index contributed by atoms with van der Waals surface area (Å²) in [4.78, 5) is 0. The Morgan fingerprint density at radius 1 is 1.22 bits per heavy atom. The van der Waals surface area contributed by atoms with Gasteiger partial charge < -0.3 is 5.73 Å². The largest absolute Gasteiger partial charge is 0.386 e. The Hall–Kier alpha value is -0.620. The van der Waals surface area contributed by atoms with Crippen LogP contribution >= 0.6 is 0 Å². The van der Waals surface area contributed by atoms with Gasteiger partial charge in [-0.05, 0) is 37.5 Å². The number of nitrogens with two attached hydrogens (primary N) is 1. The summed E-state index contributed by atoms with van der Waals surface area (Å²) < 4.78 is 26.6. The molecule has 2 rings (SSSR count). The molecular formula is C12H23N3O2S. The molecule has 1 atom stereocenters. The van der Waals surface area contributed by atoms with Crippen molar-refractivity contribution in [2.45, 2.75) is 51.0 Å². The molecule has 0 aliphatic heterocycles. The number of hydrogen-bond donors (Lipinski definition) is 3. The maximum Gasteiger partial charge on any atom is 0.212 e. The van der Waals surface area contributed by atoms with E-state index in [1.807, 2.05) is 0 Å². The van der Waals surface area contributed by atoms with Crippen LogP contribution in [0, 0.1) is 17.2 Å². The molecule has 18 heavy (non-hydrogen) atoms. The molecule has 0 saturated heterocycles. The summed E-state index contributed by atoms with van der Waals surface area (Å²) in [6.07, 6.45) is 7.38. The van der Waals surface area contributed by atoms with Crippen molar-refractivity contribution < 1.29 is 8.42 Å². The SMILES string of the molecule is N=C(N)C(NS(=O)(=O)CC1CC1)C1CCCCC1. The maximum absolute atomic E-state index is 12.0. The Balaban J connectivity index is 1.98. The minimum Gasteiger partial charge on any atom is -0.386 e. The highest BCUT2D eigenvalue weighted by Crippen LogP contribution is 2.31. The van der Waals surface area contributed by atoms with E-state index in [0.717, 1.165) is 38.5 Å². The summed E-state index contributed by atoms with van der Waals surface area (Å²) in [6, 6.07) is -0.492. The van der Waals surface area contributed by atoms with Crippen molar-refractivity contribution in [3.63, 3.8) is 0 Å². The maximum atomic E-state index is 12.0. The van der Waals surface area contributed by atoms with Crippen LogP contribution in [-0.2, 0) is 10.0 Å². The molecule has 104 valence electrons. The van der Waals surface area contributed by atoms with Gasteiger partial charge in [0.15, 0.2) is 0 Å². The number of hydrogen-bond acceptors (Lipinski definition) is 3. The number of nitrogens with one attached hydrogen (secondary N) is 2. The fraction of sp³-hybridized carbons (Fsp3) is 0.917. The van der Waals surface area contributed by atoms with Crippen LogP contribution in [0.3, 0.4) is 0 Å². The van der Waals surface area contributed by atoms with E-state index in [0.29, 0.717) is 5.92 Å². The van der Waals surface area contributed by atoms with Crippen LogP contribution in [0.25, 0.3) is 0 Å². The lowest BCUT2D eigenvalue weighted by molar-refractivity contribution is 0.328. The molecule has 5 nitrogen and oxygen atoms in total. The van der Waals surface area contributed by atoms with Crippen molar-refractivity contribution in [1.29, 1.82) is 5.41 Å². The van der Waals surface area contributed by atoms with Crippen LogP contribution in [0.2, 0.25) is 0 Å². The predicted molar refractivity (Wildman–Crippen MR) is 71.9 cm³/mol. The van der Waals surface area contributed by atoms with E-state index in [-0.39, 0.29) is 17.5 Å². The molecule has 0 spiro atoms. The van der Waals surface area contributed by atoms with Crippen LogP contribution in [0.15, 0.2) is 0 Å². The summed E-state index contributed by atoms with van der Waals surface area (Å²) in [5.41, 5.74) is 5.58. The van der Waals surface area contributed by atoms with E-state index in [4.69, 9.17) is 11.1 Å². The van der Waals surface area contributed by atoms with Gasteiger partial charge in [-0.2, -0.15) is 0 Å². The Kier molecular flexibility index (Phi) is 4.27. The molecule has 0 aromatic carbocycles. The van der Waals surface area contributed by atoms with Gasteiger partial charge in [-0.1, -0.05) is 19.3 Å². The molecule has 0 aromatic heterocycles. The fourth-order valence-corrected chi connectivity index (χ4v) is 4.47. The number of sulfonamides is 1. The Morgan fingerprint density at radius 3 is 2.33 bits per heavy atom. The van der Waals surface area contributed by atoms with Gasteiger partial charge in [-0.15, -0.1) is 0 Å². The van der Waals surface area contributed by atoms with Gasteiger partial charge in [-0.25, -0.2) is 13.1 Å². The lowest BCUT2D eigenvalue weighted by Crippen LogP contribution is -2.50. The zero-order valence-electron chi connectivity index (χ0n) is 10.7. The highest BCUT2D eigenvalue weighted by atomic mass is 32.2. The van der Waals surface area contributed by atoms with E-state index >= 15 is 0 Å². The first kappa shape index (κ1) is 13.8. The normalized spacial score (nSPS) is 23.8. The van der Waals surface area contributed by atoms with Gasteiger partial charge in [0.2, 0.25) is 10.0 Å². The van der Waals surface area contributed by atoms with E-state index < -0.39 is 16.1 Å². The average Bonchev–Trinajstić information content (AvgIpc) is 3.10. The molecule has 0 heterocycles. The Labute approximate surface area is 109 Å². The van der Waals surface area contributed by atoms with Gasteiger partial charge in [0, 0.05) is 0 Å². The van der Waals surface area contributed by atoms with Crippen molar-refractivity contribution in [3.05, 3.63) is 0 Å². The molecule has 0 bridgehead atoms. The lowest BCUT2D eigenvalue weighted by atomic mass is 9.84. The van der Waals surface area contributed by atoms with Crippen molar-refractivity contribution in [3.8, 4) is 0 Å². The quantitative estimate of drug-likeness (QED) is 0.501. The third-order valence-electron chi connectivity index (χ3n) is 3.91. The molecule has 2 aliphatic rings. The Morgan fingerprint density at radius 2 is 1.83 bits per heavy atom. The first-order valence-electron chi connectivity index (χ1n) is 6.82. The summed E-state index contributed by atoms with van der Waals surface area (Å²) in [6.45, 7) is 0. The van der Waals surface area contributed by atoms with Crippen LogP contribution in [0.4, 0.5) is 0 Å². The smallest absolute Gasteiger partial charge is 0.212 e. The van der Waals surface area contributed by atoms with Gasteiger partial charge in [0.1, 0.15) is 5.84 Å². The summed E-state index contributed by atoms with van der Waals surface area (Å²) in [7, 11) is -3.28. The molecule has 2 aliphatic carbocycles. The highest BCUT2D eigenvalue weighted by Gasteiger charge is 2.33. The summed E-state index contributed by atoms with van der Waals surface area (Å²) in [5, 5.41) is 7.62. The van der Waals surface area contributed by atoms with Crippen molar-refractivity contribution >= 4 is 15.9 Å². The second kappa shape index (κ2) is 5.57. The third kappa shape index (κ3) is 3.95. The number of amidine groups is 1. The average molecular weight is 273 g/mol. The standard InChI is InChI=1S/C12H23N3O2S/c13-12(14)11(10-4-2-1-3-5-10)15-18(16,17)8-9-6-7-9/h9-11,15H,1-8H2,(H3,13,14). The third-order valence-corrected chi connectivity index (χ3v) is 5.44. The van der Waals surface area contributed by atoms with E-state index in [1.54, 1.807) is 0 Å². The second-order valence-electron chi connectivity index (χ2n) is 5.67. The van der Waals surface area contributed by atoms with Gasteiger partial charge in [0.05, 0.1) is 11.8 Å². The zero-order chi connectivity index (χ0) is 13.2. The number of rotatable bonds is 6. The summed E-state index contributed by atoms with van der Waals surface area (Å²) in [5.74, 6) is 0.678. The molecule has 6 heteroatoms. The monoisotopic (exact) mass is 273 g/mol. The lowest BCUT2D eigenvalue weighted by Gasteiger charge is -2.29. The first-order chi connectivity index (χ1) is 8.48. The fourth-order valence-electron chi connectivity index (χ4n) is 2.72. The topological polar surface area (TPSA) is 96.0 Å². The molecule has 2 fully saturated rings. The molecule has 0 radical (unpaired) electrons. The minimum absolute atomic E-state index is 0.0405. The van der Waals surface area contributed by atoms with E-state index in [1.165, 1.54) is 6.42 Å². The van der Waals surface area contributed by atoms with Crippen LogP contribution in [0.5, 0.6) is 0 Å². The second-order valence-corrected chi connectivity index (χ2v) is 7.47. The minimum atomic E-state index is -3.28. The van der Waals surface area contributed by atoms with Crippen molar-refractivity contribution in [2.75, 3.05) is 5.75 Å². The highest BCUT2D eigenvalue weighted by molar-refractivity contribution is 7.89. The van der Waals surface area contributed by atoms with Crippen LogP contribution < -0.4 is 10.5 Å².